The number of pyridine rings is 3. The van der Waals surface area contributed by atoms with E-state index in [2.05, 4.69) is 56.5 Å². The molecule has 2 bridgehead atoms. The summed E-state index contributed by atoms with van der Waals surface area (Å²) >= 11 is 1.52. The molecule has 4 fully saturated rings. The average Bonchev–Trinajstić information content (AvgIpc) is 4.28. The van der Waals surface area contributed by atoms with Crippen molar-refractivity contribution in [2.45, 2.75) is 108 Å². The minimum absolute atomic E-state index is 0.0121. The second-order valence-electron chi connectivity index (χ2n) is 20.8. The molecule has 5 N–H and O–H groups in total. The first-order valence-electron chi connectivity index (χ1n) is 26.4. The van der Waals surface area contributed by atoms with E-state index in [1.165, 1.54) is 16.2 Å². The second-order valence-corrected chi connectivity index (χ2v) is 21.7. The number of aromatic nitrogens is 7. The maximum atomic E-state index is 14.2. The Hall–Kier alpha value is -8.17. The van der Waals surface area contributed by atoms with Gasteiger partial charge < -0.3 is 54.7 Å². The third-order valence-electron chi connectivity index (χ3n) is 15.1. The molecule has 11 rings (SSSR count). The van der Waals surface area contributed by atoms with Gasteiger partial charge in [-0.3, -0.25) is 19.6 Å². The van der Waals surface area contributed by atoms with Gasteiger partial charge in [-0.2, -0.15) is 0 Å². The molecule has 1 aliphatic carbocycles. The topological polar surface area (TPSA) is 253 Å². The highest BCUT2D eigenvalue weighted by Gasteiger charge is 2.44. The lowest BCUT2D eigenvalue weighted by atomic mass is 9.91. The number of amides is 2. The van der Waals surface area contributed by atoms with Crippen LogP contribution in [0, 0.1) is 12.8 Å². The number of fused-ring (bicyclic) bond motifs is 2. The number of phenolic OH excluding ortho intramolecular Hbond substituents is 1. The Morgan fingerprint density at radius 1 is 0.885 bits per heavy atom. The summed E-state index contributed by atoms with van der Waals surface area (Å²) in [6.45, 7) is 9.32. The summed E-state index contributed by atoms with van der Waals surface area (Å²) in [5.41, 5.74) is 14.5. The molecule has 7 aromatic rings. The van der Waals surface area contributed by atoms with Crippen molar-refractivity contribution in [1.82, 2.24) is 45.5 Å². The molecule has 404 valence electrons. The molecule has 2 amide bonds. The maximum absolute atomic E-state index is 14.2. The van der Waals surface area contributed by atoms with Crippen LogP contribution in [0.5, 0.6) is 23.3 Å². The first-order valence-corrected chi connectivity index (χ1v) is 27.3. The predicted molar refractivity (Wildman–Crippen MR) is 293 cm³/mol. The number of nitrogen functional groups attached to an aromatic ring is 1. The summed E-state index contributed by atoms with van der Waals surface area (Å²) in [6, 6.07) is 21.6. The van der Waals surface area contributed by atoms with Gasteiger partial charge in [-0.1, -0.05) is 32.0 Å². The van der Waals surface area contributed by atoms with Crippen molar-refractivity contribution in [2.75, 3.05) is 41.8 Å². The summed E-state index contributed by atoms with van der Waals surface area (Å²) in [6.07, 6.45) is 11.6. The Labute approximate surface area is 455 Å². The van der Waals surface area contributed by atoms with E-state index >= 15 is 0 Å². The van der Waals surface area contributed by atoms with Crippen LogP contribution in [0.15, 0.2) is 107 Å². The lowest BCUT2D eigenvalue weighted by molar-refractivity contribution is -0.141. The van der Waals surface area contributed by atoms with Gasteiger partial charge in [-0.15, -0.1) is 21.5 Å². The molecule has 2 unspecified atom stereocenters. The van der Waals surface area contributed by atoms with Gasteiger partial charge in [0.1, 0.15) is 42.3 Å². The molecule has 3 aliphatic heterocycles. The van der Waals surface area contributed by atoms with Crippen LogP contribution in [0.25, 0.3) is 27.9 Å². The number of nitrogens with one attached hydrogen (secondary N) is 1. The predicted octanol–water partition coefficient (Wildman–Crippen LogP) is 7.55. The fraction of sp³-hybridized carbons (Fsp3) is 0.386. The SMILES string of the molecule is Cc1ncsc1-c1ccc([C@H](C)NC(=O)[C@@H]2C[C@@H](O)CN2C(=O)[C@@H](c2cc(OC/C=C/c3ccc(OC4CC(Oc5cc(N6C7CCC6CN(c6cc(-c8ccccc8O)nnc6N)C7)ccn5)C4)cn3)no2)C(C)C)cn1. The molecule has 0 radical (unpaired) electrons. The van der Waals surface area contributed by atoms with Gasteiger partial charge >= 0.3 is 0 Å². The Morgan fingerprint density at radius 3 is 2.42 bits per heavy atom. The van der Waals surface area contributed by atoms with Gasteiger partial charge in [0.15, 0.2) is 11.6 Å². The highest BCUT2D eigenvalue weighted by molar-refractivity contribution is 7.13. The van der Waals surface area contributed by atoms with Crippen LogP contribution in [0.3, 0.4) is 0 Å². The van der Waals surface area contributed by atoms with Crippen molar-refractivity contribution in [3.63, 3.8) is 0 Å². The van der Waals surface area contributed by atoms with Crippen molar-refractivity contribution in [2.24, 2.45) is 5.92 Å². The van der Waals surface area contributed by atoms with Crippen LogP contribution in [-0.2, 0) is 9.59 Å². The Kier molecular flexibility index (Phi) is 14.9. The van der Waals surface area contributed by atoms with Crippen molar-refractivity contribution in [3.05, 3.63) is 126 Å². The third-order valence-corrected chi connectivity index (χ3v) is 16.0. The van der Waals surface area contributed by atoms with Crippen LogP contribution in [-0.4, -0.2) is 125 Å². The quantitative estimate of drug-likeness (QED) is 0.0647. The standard InChI is InChI=1S/C57H62N12O8S/c1-32(2)53(57(73)68-30-40(70)21-48(68)56(72)63-33(3)35-11-16-45(61-26-35)54-34(4)62-31-78-54)50-25-52(66-77-50)74-19-7-8-36-12-15-41(27-60-36)75-42-22-43(23-42)76-51-20-37(17-18-59-51)69-38-13-14-39(69)29-67(28-38)47-24-46(64-65-55(47)58)44-9-5-6-10-49(44)71/h5-12,15-18,20,24-27,31-33,38-40,42-43,48,53,70-71H,13-14,19,21-23,28-30H2,1-4H3,(H2,58,65)(H,63,72)/b8-7+/t33-,38?,39?,40+,42?,43?,48-,53+/m0/s1. The lowest BCUT2D eigenvalue weighted by Crippen LogP contribution is -2.54. The Balaban J connectivity index is 0.623. The van der Waals surface area contributed by atoms with Gasteiger partial charge in [0.25, 0.3) is 5.88 Å². The number of benzene rings is 1. The number of carbonyl (C=O) groups excluding carboxylic acids is 2. The van der Waals surface area contributed by atoms with E-state index in [1.807, 2.05) is 88.5 Å². The van der Waals surface area contributed by atoms with E-state index in [9.17, 15) is 19.8 Å². The van der Waals surface area contributed by atoms with Gasteiger partial charge in [-0.05, 0) is 97.9 Å². The Morgan fingerprint density at radius 2 is 1.69 bits per heavy atom. The minimum atomic E-state index is -0.871. The number of piperazine rings is 1. The number of anilines is 3. The number of nitrogens with two attached hydrogens (primary N) is 1. The fourth-order valence-corrected chi connectivity index (χ4v) is 11.8. The molecule has 1 saturated carbocycles. The number of aromatic hydroxyl groups is 1. The zero-order valence-electron chi connectivity index (χ0n) is 43.8. The third kappa shape index (κ3) is 11.2. The molecule has 6 aromatic heterocycles. The number of aryl methyl sites for hydroxylation is 1. The minimum Gasteiger partial charge on any atom is -0.507 e. The summed E-state index contributed by atoms with van der Waals surface area (Å²) < 4.78 is 24.1. The van der Waals surface area contributed by atoms with Crippen LogP contribution in [0.4, 0.5) is 17.2 Å². The Bertz CT molecular complexity index is 3260. The number of likely N-dealkylation sites (tertiary alicyclic amines) is 1. The molecular weight excluding hydrogens is 1010 g/mol. The summed E-state index contributed by atoms with van der Waals surface area (Å²) in [4.78, 5) is 53.1. The molecule has 6 atom stereocenters. The van der Waals surface area contributed by atoms with Gasteiger partial charge in [0, 0.05) is 86.8 Å². The molecule has 1 aromatic carbocycles. The van der Waals surface area contributed by atoms with E-state index in [-0.39, 0.29) is 73.2 Å². The molecule has 78 heavy (non-hydrogen) atoms. The first kappa shape index (κ1) is 51.9. The number of phenols is 1. The van der Waals surface area contributed by atoms with Crippen molar-refractivity contribution < 1.29 is 38.5 Å². The lowest BCUT2D eigenvalue weighted by Gasteiger charge is -2.43. The number of ether oxygens (including phenoxy) is 3. The number of aliphatic hydroxyl groups excluding tert-OH is 1. The number of para-hydroxylation sites is 1. The summed E-state index contributed by atoms with van der Waals surface area (Å²) in [7, 11) is 0. The number of hydrogen-bond acceptors (Lipinski definition) is 19. The molecule has 9 heterocycles. The van der Waals surface area contributed by atoms with Gasteiger partial charge in [-0.25, -0.2) is 9.97 Å². The molecule has 21 heteroatoms. The zero-order valence-corrected chi connectivity index (χ0v) is 44.6. The molecule has 3 saturated heterocycles. The number of β-amino-alcohol motifs (C(OH)–C–C–N with tert-alkyl or cyclic N) is 1. The monoisotopic (exact) mass is 1070 g/mol. The molecule has 4 aliphatic rings. The zero-order chi connectivity index (χ0) is 54.0. The summed E-state index contributed by atoms with van der Waals surface area (Å²) in [5, 5.41) is 36.8. The van der Waals surface area contributed by atoms with Crippen LogP contribution in [0.2, 0.25) is 0 Å². The van der Waals surface area contributed by atoms with Gasteiger partial charge in [0.05, 0.1) is 57.2 Å². The summed E-state index contributed by atoms with van der Waals surface area (Å²) in [5.74, 6) is 0.606. The van der Waals surface area contributed by atoms with E-state index in [4.69, 9.17) is 24.5 Å². The highest BCUT2D eigenvalue weighted by atomic mass is 32.1. The molecular formula is C57H62N12O8S. The number of hydrogen-bond donors (Lipinski definition) is 4. The van der Waals surface area contributed by atoms with Crippen molar-refractivity contribution in [1.29, 1.82) is 0 Å². The fourth-order valence-electron chi connectivity index (χ4n) is 11.0. The maximum Gasteiger partial charge on any atom is 0.254 e. The van der Waals surface area contributed by atoms with Crippen molar-refractivity contribution >= 4 is 46.4 Å². The highest BCUT2D eigenvalue weighted by Crippen LogP contribution is 2.41. The van der Waals surface area contributed by atoms with Crippen LogP contribution >= 0.6 is 11.3 Å². The largest absolute Gasteiger partial charge is 0.507 e. The number of carbonyl (C=O) groups is 2. The smallest absolute Gasteiger partial charge is 0.254 e. The van der Waals surface area contributed by atoms with E-state index < -0.39 is 24.1 Å². The number of thiazole rings is 1. The average molecular weight is 1080 g/mol. The molecule has 0 spiro atoms. The number of rotatable bonds is 18. The number of nitrogens with zero attached hydrogens (tertiary/aromatic N) is 10. The number of aliphatic hydroxyl groups is 1. The van der Waals surface area contributed by atoms with E-state index in [0.29, 0.717) is 40.2 Å². The van der Waals surface area contributed by atoms with Crippen molar-refractivity contribution in [3.8, 4) is 45.1 Å². The first-order chi connectivity index (χ1) is 37.8. The van der Waals surface area contributed by atoms with E-state index in [1.54, 1.807) is 42.2 Å². The molecule has 20 nitrogen and oxygen atoms in total. The second kappa shape index (κ2) is 22.4. The normalized spacial score (nSPS) is 21.6. The van der Waals surface area contributed by atoms with E-state index in [0.717, 1.165) is 72.0 Å². The van der Waals surface area contributed by atoms with Crippen LogP contribution in [0.1, 0.15) is 87.5 Å². The van der Waals surface area contributed by atoms with Gasteiger partial charge in [0.2, 0.25) is 17.7 Å². The van der Waals surface area contributed by atoms with Crippen LogP contribution < -0.4 is 35.1 Å².